The zero-order valence-electron chi connectivity index (χ0n) is 19.4. The predicted molar refractivity (Wildman–Crippen MR) is 116 cm³/mol. The Balaban J connectivity index is 1.52. The Morgan fingerprint density at radius 2 is 1.87 bits per heavy atom. The molecular formula is C26H40O4. The van der Waals surface area contributed by atoms with Crippen LogP contribution in [-0.4, -0.2) is 24.1 Å². The third kappa shape index (κ3) is 3.37. The first kappa shape index (κ1) is 22.0. The lowest BCUT2D eigenvalue weighted by atomic mass is 9.44. The molecule has 4 aliphatic carbocycles. The Kier molecular flexibility index (Phi) is 5.91. The first-order chi connectivity index (χ1) is 14.2. The molecule has 0 spiro atoms. The number of rotatable bonds is 5. The summed E-state index contributed by atoms with van der Waals surface area (Å²) in [7, 11) is 0. The van der Waals surface area contributed by atoms with Crippen molar-refractivity contribution in [2.45, 2.75) is 91.9 Å². The van der Waals surface area contributed by atoms with Gasteiger partial charge >= 0.3 is 5.97 Å². The van der Waals surface area contributed by atoms with Gasteiger partial charge in [0, 0.05) is 31.1 Å². The van der Waals surface area contributed by atoms with Crippen molar-refractivity contribution < 1.29 is 19.1 Å². The number of hydrogen-bond acceptors (Lipinski definition) is 4. The van der Waals surface area contributed by atoms with Gasteiger partial charge in [-0.3, -0.25) is 14.4 Å². The molecule has 168 valence electrons. The zero-order valence-corrected chi connectivity index (χ0v) is 19.4. The van der Waals surface area contributed by atoms with Crippen molar-refractivity contribution in [2.24, 2.45) is 46.3 Å². The smallest absolute Gasteiger partial charge is 0.305 e. The standard InChI is InChI=1S/C26H40O4/c1-5-30-24(29)11-6-16(2)20-9-10-21-19-8-7-17-14-18(27)12-13-25(17,3)22(19)15-23(28)26(20,21)4/h16-17,19-22H,5-15H2,1-4H3/t16-,17-,19+,20-,21+,22+,25+,26-/m1/s1. The van der Waals surface area contributed by atoms with Gasteiger partial charge < -0.3 is 4.74 Å². The number of Topliss-reactive ketones (excluding diaryl/α,β-unsaturated/α-hetero) is 2. The van der Waals surface area contributed by atoms with Crippen LogP contribution in [0.4, 0.5) is 0 Å². The second-order valence-electron chi connectivity index (χ2n) is 11.3. The van der Waals surface area contributed by atoms with Crippen LogP contribution in [0.15, 0.2) is 0 Å². The van der Waals surface area contributed by atoms with Crippen LogP contribution in [0, 0.1) is 46.3 Å². The van der Waals surface area contributed by atoms with Gasteiger partial charge in [0.15, 0.2) is 0 Å². The zero-order chi connectivity index (χ0) is 21.7. The van der Waals surface area contributed by atoms with E-state index in [0.717, 1.165) is 38.5 Å². The van der Waals surface area contributed by atoms with Gasteiger partial charge in [0.1, 0.15) is 11.6 Å². The molecule has 8 atom stereocenters. The first-order valence-electron chi connectivity index (χ1n) is 12.4. The average Bonchev–Trinajstić information content (AvgIpc) is 3.07. The Morgan fingerprint density at radius 1 is 1.10 bits per heavy atom. The van der Waals surface area contributed by atoms with Crippen molar-refractivity contribution in [3.8, 4) is 0 Å². The molecule has 0 radical (unpaired) electrons. The minimum atomic E-state index is -0.233. The minimum absolute atomic E-state index is 0.114. The van der Waals surface area contributed by atoms with E-state index in [1.807, 2.05) is 6.92 Å². The van der Waals surface area contributed by atoms with Gasteiger partial charge in [0.25, 0.3) is 0 Å². The molecule has 0 aliphatic heterocycles. The molecule has 4 nitrogen and oxygen atoms in total. The Morgan fingerprint density at radius 3 is 2.60 bits per heavy atom. The van der Waals surface area contributed by atoms with Gasteiger partial charge in [-0.25, -0.2) is 0 Å². The Labute approximate surface area is 181 Å². The van der Waals surface area contributed by atoms with Crippen LogP contribution in [0.5, 0.6) is 0 Å². The fourth-order valence-corrected chi connectivity index (χ4v) is 8.47. The summed E-state index contributed by atoms with van der Waals surface area (Å²) >= 11 is 0. The Bertz CT molecular complexity index is 714. The molecule has 0 heterocycles. The lowest BCUT2D eigenvalue weighted by Gasteiger charge is -2.59. The third-order valence-electron chi connectivity index (χ3n) is 10.2. The highest BCUT2D eigenvalue weighted by atomic mass is 16.5. The number of carbonyl (C=O) groups is 3. The maximum atomic E-state index is 13.7. The summed E-state index contributed by atoms with van der Waals surface area (Å²) in [5.41, 5.74) is -0.0651. The fraction of sp³-hybridized carbons (Fsp3) is 0.885. The maximum absolute atomic E-state index is 13.7. The maximum Gasteiger partial charge on any atom is 0.305 e. The molecule has 4 heteroatoms. The molecule has 4 aliphatic rings. The van der Waals surface area contributed by atoms with Crippen molar-refractivity contribution in [1.29, 1.82) is 0 Å². The van der Waals surface area contributed by atoms with Crippen LogP contribution in [0.1, 0.15) is 91.9 Å². The van der Waals surface area contributed by atoms with E-state index < -0.39 is 0 Å². The summed E-state index contributed by atoms with van der Waals surface area (Å²) in [5, 5.41) is 0. The van der Waals surface area contributed by atoms with Crippen molar-refractivity contribution in [2.75, 3.05) is 6.61 Å². The van der Waals surface area contributed by atoms with E-state index in [4.69, 9.17) is 4.74 Å². The summed E-state index contributed by atoms with van der Waals surface area (Å²) in [5.74, 6) is 3.59. The second-order valence-corrected chi connectivity index (χ2v) is 11.3. The molecule has 30 heavy (non-hydrogen) atoms. The highest BCUT2D eigenvalue weighted by Crippen LogP contribution is 2.67. The van der Waals surface area contributed by atoms with E-state index in [2.05, 4.69) is 20.8 Å². The summed E-state index contributed by atoms with van der Waals surface area (Å²) in [6.07, 6.45) is 9.02. The lowest BCUT2D eigenvalue weighted by molar-refractivity contribution is -0.159. The number of fused-ring (bicyclic) bond motifs is 5. The van der Waals surface area contributed by atoms with Gasteiger partial charge in [-0.05, 0) is 86.4 Å². The van der Waals surface area contributed by atoms with Crippen LogP contribution >= 0.6 is 0 Å². The molecular weight excluding hydrogens is 376 g/mol. The van der Waals surface area contributed by atoms with Crippen LogP contribution in [0.2, 0.25) is 0 Å². The monoisotopic (exact) mass is 416 g/mol. The van der Waals surface area contributed by atoms with Gasteiger partial charge in [-0.1, -0.05) is 20.8 Å². The molecule has 0 saturated heterocycles. The number of hydrogen-bond donors (Lipinski definition) is 0. The Hall–Kier alpha value is -1.19. The average molecular weight is 417 g/mol. The summed E-state index contributed by atoms with van der Waals surface area (Å²) in [4.78, 5) is 37.7. The van der Waals surface area contributed by atoms with Crippen LogP contribution < -0.4 is 0 Å². The molecule has 0 amide bonds. The highest BCUT2D eigenvalue weighted by Gasteiger charge is 2.63. The van der Waals surface area contributed by atoms with Gasteiger partial charge in [0.2, 0.25) is 0 Å². The highest BCUT2D eigenvalue weighted by molar-refractivity contribution is 5.87. The first-order valence-corrected chi connectivity index (χ1v) is 12.4. The van der Waals surface area contributed by atoms with Gasteiger partial charge in [-0.15, -0.1) is 0 Å². The topological polar surface area (TPSA) is 60.4 Å². The number of ketones is 2. The predicted octanol–water partition coefficient (Wildman–Crippen LogP) is 5.37. The quantitative estimate of drug-likeness (QED) is 0.565. The van der Waals surface area contributed by atoms with E-state index in [0.29, 0.717) is 72.9 Å². The van der Waals surface area contributed by atoms with Gasteiger partial charge in [-0.2, -0.15) is 0 Å². The third-order valence-corrected chi connectivity index (χ3v) is 10.2. The normalized spacial score (nSPS) is 44.1. The van der Waals surface area contributed by atoms with Crippen molar-refractivity contribution in [1.82, 2.24) is 0 Å². The van der Waals surface area contributed by atoms with Crippen LogP contribution in [-0.2, 0) is 19.1 Å². The SMILES string of the molecule is CCOC(=O)CC[C@@H](C)[C@H]1CC[C@H]2[C@@H]3CC[C@@H]4CC(=O)CC[C@]4(C)[C@H]3CC(=O)[C@]12C. The molecule has 4 fully saturated rings. The number of esters is 1. The van der Waals surface area contributed by atoms with E-state index in [1.54, 1.807) is 0 Å². The molecule has 4 rings (SSSR count). The molecule has 0 aromatic carbocycles. The van der Waals surface area contributed by atoms with E-state index >= 15 is 0 Å². The van der Waals surface area contributed by atoms with Crippen molar-refractivity contribution in [3.63, 3.8) is 0 Å². The molecule has 4 saturated carbocycles. The lowest BCUT2D eigenvalue weighted by Crippen LogP contribution is -2.57. The van der Waals surface area contributed by atoms with E-state index in [1.165, 1.54) is 6.42 Å². The van der Waals surface area contributed by atoms with Crippen molar-refractivity contribution >= 4 is 17.5 Å². The van der Waals surface area contributed by atoms with E-state index in [-0.39, 0.29) is 16.8 Å². The fourth-order valence-electron chi connectivity index (χ4n) is 8.47. The summed E-state index contributed by atoms with van der Waals surface area (Å²) in [6.45, 7) is 9.17. The largest absolute Gasteiger partial charge is 0.466 e. The summed E-state index contributed by atoms with van der Waals surface area (Å²) < 4.78 is 5.12. The van der Waals surface area contributed by atoms with Crippen LogP contribution in [0.3, 0.4) is 0 Å². The van der Waals surface area contributed by atoms with Gasteiger partial charge in [0.05, 0.1) is 6.61 Å². The van der Waals surface area contributed by atoms with Crippen molar-refractivity contribution in [3.05, 3.63) is 0 Å². The summed E-state index contributed by atoms with van der Waals surface area (Å²) in [6, 6.07) is 0. The molecule has 0 bridgehead atoms. The molecule has 0 aromatic rings. The minimum Gasteiger partial charge on any atom is -0.466 e. The second kappa shape index (κ2) is 8.06. The molecule has 0 aromatic heterocycles. The van der Waals surface area contributed by atoms with E-state index in [9.17, 15) is 14.4 Å². The number of ether oxygens (including phenoxy) is 1. The number of carbonyl (C=O) groups excluding carboxylic acids is 3. The van der Waals surface area contributed by atoms with Crippen LogP contribution in [0.25, 0.3) is 0 Å². The molecule has 0 N–H and O–H groups in total. The molecule has 0 unspecified atom stereocenters.